The van der Waals surface area contributed by atoms with Crippen LogP contribution >= 0.6 is 0 Å². The van der Waals surface area contributed by atoms with Gasteiger partial charge in [-0.15, -0.1) is 0 Å². The highest BCUT2D eigenvalue weighted by molar-refractivity contribution is 5.74. The summed E-state index contributed by atoms with van der Waals surface area (Å²) in [6, 6.07) is 7.47. The second kappa shape index (κ2) is 7.28. The molecule has 106 valence electrons. The van der Waals surface area contributed by atoms with Gasteiger partial charge in [0.05, 0.1) is 6.54 Å². The van der Waals surface area contributed by atoms with Crippen molar-refractivity contribution in [3.8, 4) is 0 Å². The predicted molar refractivity (Wildman–Crippen MR) is 76.2 cm³/mol. The Hall–Kier alpha value is -2.37. The third-order valence-corrected chi connectivity index (χ3v) is 2.79. The second-order valence-corrected chi connectivity index (χ2v) is 4.60. The normalized spacial score (nSPS) is 11.8. The quantitative estimate of drug-likeness (QED) is 0.831. The molecule has 2 amide bonds. The molecular formula is C14H19N5O. The standard InChI is InChI=1S/C14H19N5O/c1-12(11-19-10-4-8-17-19)18-14(20)16-9-6-13-5-2-3-7-15-13/h2-5,7-8,10,12H,6,9,11H2,1H3,(H2,16,18,20). The zero-order valence-electron chi connectivity index (χ0n) is 11.5. The first kappa shape index (κ1) is 14.0. The summed E-state index contributed by atoms with van der Waals surface area (Å²) in [6.07, 6.45) is 6.07. The van der Waals surface area contributed by atoms with Gasteiger partial charge in [0.15, 0.2) is 0 Å². The molecule has 0 saturated heterocycles. The molecule has 2 aromatic rings. The van der Waals surface area contributed by atoms with Crippen LogP contribution < -0.4 is 10.6 Å². The molecule has 0 spiro atoms. The molecule has 0 aliphatic heterocycles. The molecule has 6 heteroatoms. The number of aromatic nitrogens is 3. The van der Waals surface area contributed by atoms with Crippen LogP contribution in [0.25, 0.3) is 0 Å². The molecule has 0 aliphatic rings. The van der Waals surface area contributed by atoms with Gasteiger partial charge in [-0.1, -0.05) is 6.07 Å². The van der Waals surface area contributed by atoms with Crippen molar-refractivity contribution >= 4 is 6.03 Å². The lowest BCUT2D eigenvalue weighted by Crippen LogP contribution is -2.43. The summed E-state index contributed by atoms with van der Waals surface area (Å²) < 4.78 is 1.79. The molecule has 0 saturated carbocycles. The van der Waals surface area contributed by atoms with E-state index in [1.807, 2.05) is 37.4 Å². The van der Waals surface area contributed by atoms with Gasteiger partial charge in [0.25, 0.3) is 0 Å². The van der Waals surface area contributed by atoms with E-state index < -0.39 is 0 Å². The van der Waals surface area contributed by atoms with E-state index in [-0.39, 0.29) is 12.1 Å². The van der Waals surface area contributed by atoms with Crippen molar-refractivity contribution < 1.29 is 4.79 Å². The first-order chi connectivity index (χ1) is 9.74. The maximum Gasteiger partial charge on any atom is 0.315 e. The van der Waals surface area contributed by atoms with E-state index in [0.29, 0.717) is 13.1 Å². The fourth-order valence-corrected chi connectivity index (χ4v) is 1.86. The Morgan fingerprint density at radius 3 is 2.95 bits per heavy atom. The summed E-state index contributed by atoms with van der Waals surface area (Å²) in [4.78, 5) is 15.9. The van der Waals surface area contributed by atoms with Crippen molar-refractivity contribution in [1.82, 2.24) is 25.4 Å². The van der Waals surface area contributed by atoms with Crippen LogP contribution in [-0.2, 0) is 13.0 Å². The van der Waals surface area contributed by atoms with Gasteiger partial charge in [0, 0.05) is 43.3 Å². The smallest absolute Gasteiger partial charge is 0.315 e. The monoisotopic (exact) mass is 273 g/mol. The molecule has 2 N–H and O–H groups in total. The number of urea groups is 1. The van der Waals surface area contributed by atoms with Crippen LogP contribution in [-0.4, -0.2) is 33.4 Å². The van der Waals surface area contributed by atoms with Gasteiger partial charge >= 0.3 is 6.03 Å². The number of carbonyl (C=O) groups excluding carboxylic acids is 1. The number of carbonyl (C=O) groups is 1. The summed E-state index contributed by atoms with van der Waals surface area (Å²) in [5, 5.41) is 9.80. The number of hydrogen-bond acceptors (Lipinski definition) is 3. The van der Waals surface area contributed by atoms with Crippen LogP contribution in [0, 0.1) is 0 Å². The van der Waals surface area contributed by atoms with Gasteiger partial charge in [-0.2, -0.15) is 5.10 Å². The van der Waals surface area contributed by atoms with Crippen LogP contribution in [0.5, 0.6) is 0 Å². The molecule has 0 aromatic carbocycles. The van der Waals surface area contributed by atoms with E-state index in [9.17, 15) is 4.79 Å². The topological polar surface area (TPSA) is 71.8 Å². The van der Waals surface area contributed by atoms with Crippen LogP contribution in [0.2, 0.25) is 0 Å². The summed E-state index contributed by atoms with van der Waals surface area (Å²) in [6.45, 7) is 3.16. The van der Waals surface area contributed by atoms with Gasteiger partial charge in [-0.05, 0) is 25.1 Å². The molecule has 0 bridgehead atoms. The number of nitrogens with one attached hydrogen (secondary N) is 2. The maximum atomic E-state index is 11.7. The zero-order chi connectivity index (χ0) is 14.2. The number of rotatable bonds is 6. The largest absolute Gasteiger partial charge is 0.338 e. The summed E-state index contributed by atoms with van der Waals surface area (Å²) in [5.74, 6) is 0. The van der Waals surface area contributed by atoms with Gasteiger partial charge < -0.3 is 10.6 Å². The van der Waals surface area contributed by atoms with Crippen molar-refractivity contribution in [3.05, 3.63) is 48.5 Å². The SMILES string of the molecule is CC(Cn1cccn1)NC(=O)NCCc1ccccn1. The summed E-state index contributed by atoms with van der Waals surface area (Å²) in [7, 11) is 0. The van der Waals surface area contributed by atoms with E-state index >= 15 is 0 Å². The third-order valence-electron chi connectivity index (χ3n) is 2.79. The summed E-state index contributed by atoms with van der Waals surface area (Å²) >= 11 is 0. The predicted octanol–water partition coefficient (Wildman–Crippen LogP) is 1.21. The lowest BCUT2D eigenvalue weighted by Gasteiger charge is -2.14. The van der Waals surface area contributed by atoms with Gasteiger partial charge in [-0.25, -0.2) is 4.79 Å². The minimum Gasteiger partial charge on any atom is -0.338 e. The Balaban J connectivity index is 1.65. The lowest BCUT2D eigenvalue weighted by atomic mass is 10.3. The van der Waals surface area contributed by atoms with Crippen molar-refractivity contribution in [3.63, 3.8) is 0 Å². The highest BCUT2D eigenvalue weighted by Gasteiger charge is 2.07. The van der Waals surface area contributed by atoms with Gasteiger partial charge in [0.2, 0.25) is 0 Å². The van der Waals surface area contributed by atoms with Gasteiger partial charge in [-0.3, -0.25) is 9.67 Å². The fraction of sp³-hybridized carbons (Fsp3) is 0.357. The fourth-order valence-electron chi connectivity index (χ4n) is 1.86. The second-order valence-electron chi connectivity index (χ2n) is 4.60. The molecule has 0 aliphatic carbocycles. The van der Waals surface area contributed by atoms with Crippen molar-refractivity contribution in [2.45, 2.75) is 25.9 Å². The molecule has 1 unspecified atom stereocenters. The number of amides is 2. The average molecular weight is 273 g/mol. The Labute approximate surface area is 118 Å². The van der Waals surface area contributed by atoms with Crippen molar-refractivity contribution in [1.29, 1.82) is 0 Å². The first-order valence-corrected chi connectivity index (χ1v) is 6.66. The van der Waals surface area contributed by atoms with E-state index in [4.69, 9.17) is 0 Å². The van der Waals surface area contributed by atoms with E-state index in [1.165, 1.54) is 0 Å². The molecule has 6 nitrogen and oxygen atoms in total. The van der Waals surface area contributed by atoms with Crippen LogP contribution in [0.15, 0.2) is 42.9 Å². The first-order valence-electron chi connectivity index (χ1n) is 6.66. The lowest BCUT2D eigenvalue weighted by molar-refractivity contribution is 0.236. The number of hydrogen-bond donors (Lipinski definition) is 2. The highest BCUT2D eigenvalue weighted by Crippen LogP contribution is 1.93. The molecular weight excluding hydrogens is 254 g/mol. The van der Waals surface area contributed by atoms with E-state index in [0.717, 1.165) is 12.1 Å². The maximum absolute atomic E-state index is 11.7. The number of pyridine rings is 1. The van der Waals surface area contributed by atoms with Crippen LogP contribution in [0.3, 0.4) is 0 Å². The molecule has 20 heavy (non-hydrogen) atoms. The minimum absolute atomic E-state index is 0.0183. The van der Waals surface area contributed by atoms with Gasteiger partial charge in [0.1, 0.15) is 0 Å². The van der Waals surface area contributed by atoms with E-state index in [2.05, 4.69) is 20.7 Å². The molecule has 2 aromatic heterocycles. The van der Waals surface area contributed by atoms with Crippen LogP contribution in [0.1, 0.15) is 12.6 Å². The molecule has 1 atom stereocenters. The Morgan fingerprint density at radius 1 is 1.35 bits per heavy atom. The van der Waals surface area contributed by atoms with Crippen LogP contribution in [0.4, 0.5) is 4.79 Å². The molecule has 0 fully saturated rings. The highest BCUT2D eigenvalue weighted by atomic mass is 16.2. The van der Waals surface area contributed by atoms with Crippen molar-refractivity contribution in [2.24, 2.45) is 0 Å². The Bertz CT molecular complexity index is 512. The molecule has 2 heterocycles. The Kier molecular flexibility index (Phi) is 5.11. The minimum atomic E-state index is -0.166. The van der Waals surface area contributed by atoms with Crippen molar-refractivity contribution in [2.75, 3.05) is 6.54 Å². The third kappa shape index (κ3) is 4.72. The molecule has 2 rings (SSSR count). The molecule has 0 radical (unpaired) electrons. The zero-order valence-corrected chi connectivity index (χ0v) is 11.5. The number of nitrogens with zero attached hydrogens (tertiary/aromatic N) is 3. The summed E-state index contributed by atoms with van der Waals surface area (Å²) in [5.41, 5.74) is 0.970. The average Bonchev–Trinajstić information content (AvgIpc) is 2.92. The van der Waals surface area contributed by atoms with E-state index in [1.54, 1.807) is 17.1 Å². The Morgan fingerprint density at radius 2 is 2.25 bits per heavy atom.